The summed E-state index contributed by atoms with van der Waals surface area (Å²) in [5.41, 5.74) is 6.33. The number of rotatable bonds is 1. The van der Waals surface area contributed by atoms with Crippen LogP contribution in [0.25, 0.3) is 0 Å². The molecule has 2 rings (SSSR count). The van der Waals surface area contributed by atoms with E-state index in [0.717, 1.165) is 19.4 Å². The van der Waals surface area contributed by atoms with Crippen molar-refractivity contribution < 1.29 is 4.79 Å². The minimum atomic E-state index is 0.0995. The molecule has 0 bridgehead atoms. The number of thiophene rings is 1. The van der Waals surface area contributed by atoms with Crippen molar-refractivity contribution in [1.82, 2.24) is 4.90 Å². The van der Waals surface area contributed by atoms with E-state index in [9.17, 15) is 4.79 Å². The summed E-state index contributed by atoms with van der Waals surface area (Å²) in [7, 11) is 0. The number of nitrogen functional groups attached to an aromatic ring is 1. The Kier molecular flexibility index (Phi) is 2.46. The first kappa shape index (κ1) is 9.52. The van der Waals surface area contributed by atoms with Gasteiger partial charge in [0, 0.05) is 12.6 Å². The predicted molar refractivity (Wildman–Crippen MR) is 58.5 cm³/mol. The van der Waals surface area contributed by atoms with Gasteiger partial charge in [0.1, 0.15) is 4.88 Å². The summed E-state index contributed by atoms with van der Waals surface area (Å²) in [6.45, 7) is 2.96. The van der Waals surface area contributed by atoms with Gasteiger partial charge in [-0.1, -0.05) is 0 Å². The molecular weight excluding hydrogens is 196 g/mol. The molecule has 1 aromatic rings. The second kappa shape index (κ2) is 3.61. The minimum Gasteiger partial charge on any atom is -0.397 e. The zero-order valence-corrected chi connectivity index (χ0v) is 9.01. The van der Waals surface area contributed by atoms with Crippen LogP contribution in [0.3, 0.4) is 0 Å². The second-order valence-electron chi connectivity index (χ2n) is 3.69. The van der Waals surface area contributed by atoms with Crippen LogP contribution in [0.2, 0.25) is 0 Å². The van der Waals surface area contributed by atoms with Crippen LogP contribution in [-0.4, -0.2) is 23.4 Å². The molecule has 0 aliphatic carbocycles. The molecule has 2 heterocycles. The minimum absolute atomic E-state index is 0.0995. The predicted octanol–water partition coefficient (Wildman–Crippen LogP) is 1.95. The fraction of sp³-hybridized carbons (Fsp3) is 0.500. The molecule has 14 heavy (non-hydrogen) atoms. The van der Waals surface area contributed by atoms with E-state index >= 15 is 0 Å². The van der Waals surface area contributed by atoms with Crippen molar-refractivity contribution in [2.75, 3.05) is 12.3 Å². The topological polar surface area (TPSA) is 46.3 Å². The van der Waals surface area contributed by atoms with Crippen molar-refractivity contribution in [2.45, 2.75) is 25.8 Å². The van der Waals surface area contributed by atoms with Crippen LogP contribution in [0.15, 0.2) is 11.4 Å². The lowest BCUT2D eigenvalue weighted by atomic mass is 10.2. The van der Waals surface area contributed by atoms with Crippen LogP contribution in [0.1, 0.15) is 29.4 Å². The van der Waals surface area contributed by atoms with Gasteiger partial charge >= 0.3 is 0 Å². The normalized spacial score (nSPS) is 21.5. The first-order chi connectivity index (χ1) is 6.70. The van der Waals surface area contributed by atoms with Gasteiger partial charge in [0.15, 0.2) is 0 Å². The number of likely N-dealkylation sites (tertiary alicyclic amines) is 1. The third-order valence-electron chi connectivity index (χ3n) is 2.70. The van der Waals surface area contributed by atoms with Crippen LogP contribution in [-0.2, 0) is 0 Å². The zero-order valence-electron chi connectivity index (χ0n) is 8.19. The molecule has 3 nitrogen and oxygen atoms in total. The maximum atomic E-state index is 12.0. The Balaban J connectivity index is 2.20. The molecule has 1 fully saturated rings. The quantitative estimate of drug-likeness (QED) is 0.770. The molecule has 0 aromatic carbocycles. The first-order valence-corrected chi connectivity index (χ1v) is 5.72. The standard InChI is InChI=1S/C10H14N2OS/c1-7-3-2-5-12(7)10(13)9-8(11)4-6-14-9/h4,6-7H,2-3,5,11H2,1H3. The van der Waals surface area contributed by atoms with E-state index in [4.69, 9.17) is 5.73 Å². The third-order valence-corrected chi connectivity index (χ3v) is 3.62. The highest BCUT2D eigenvalue weighted by atomic mass is 32.1. The molecule has 4 heteroatoms. The van der Waals surface area contributed by atoms with Crippen molar-refractivity contribution >= 4 is 22.9 Å². The summed E-state index contributed by atoms with van der Waals surface area (Å²) in [5, 5.41) is 1.86. The summed E-state index contributed by atoms with van der Waals surface area (Å²) in [5.74, 6) is 0.0995. The van der Waals surface area contributed by atoms with Crippen molar-refractivity contribution in [2.24, 2.45) is 0 Å². The van der Waals surface area contributed by atoms with Crippen LogP contribution in [0.5, 0.6) is 0 Å². The number of anilines is 1. The lowest BCUT2D eigenvalue weighted by Crippen LogP contribution is -2.33. The Morgan fingerprint density at radius 3 is 3.00 bits per heavy atom. The second-order valence-corrected chi connectivity index (χ2v) is 4.61. The highest BCUT2D eigenvalue weighted by Crippen LogP contribution is 2.25. The maximum Gasteiger partial charge on any atom is 0.266 e. The molecule has 1 saturated heterocycles. The maximum absolute atomic E-state index is 12.0. The van der Waals surface area contributed by atoms with Crippen molar-refractivity contribution in [1.29, 1.82) is 0 Å². The van der Waals surface area contributed by atoms with Gasteiger partial charge in [0.25, 0.3) is 5.91 Å². The van der Waals surface area contributed by atoms with Gasteiger partial charge in [-0.2, -0.15) is 0 Å². The number of carbonyl (C=O) groups excluding carboxylic acids is 1. The number of nitrogens with two attached hydrogens (primary N) is 1. The number of carbonyl (C=O) groups is 1. The SMILES string of the molecule is CC1CCCN1C(=O)c1sccc1N. The molecule has 1 amide bonds. The molecular formula is C10H14N2OS. The Morgan fingerprint density at radius 2 is 2.50 bits per heavy atom. The fourth-order valence-electron chi connectivity index (χ4n) is 1.86. The number of nitrogens with zero attached hydrogens (tertiary/aromatic N) is 1. The van der Waals surface area contributed by atoms with E-state index in [1.165, 1.54) is 11.3 Å². The van der Waals surface area contributed by atoms with E-state index in [1.54, 1.807) is 6.07 Å². The molecule has 1 unspecified atom stereocenters. The first-order valence-electron chi connectivity index (χ1n) is 4.84. The van der Waals surface area contributed by atoms with Crippen LogP contribution < -0.4 is 5.73 Å². The highest BCUT2D eigenvalue weighted by Gasteiger charge is 2.27. The number of hydrogen-bond donors (Lipinski definition) is 1. The molecule has 1 aliphatic rings. The van der Waals surface area contributed by atoms with Crippen molar-refractivity contribution in [3.05, 3.63) is 16.3 Å². The lowest BCUT2D eigenvalue weighted by molar-refractivity contribution is 0.0753. The van der Waals surface area contributed by atoms with Crippen LogP contribution in [0.4, 0.5) is 5.69 Å². The monoisotopic (exact) mass is 210 g/mol. The van der Waals surface area contributed by atoms with Crippen LogP contribution >= 0.6 is 11.3 Å². The van der Waals surface area contributed by atoms with Crippen LogP contribution in [0, 0.1) is 0 Å². The highest BCUT2D eigenvalue weighted by molar-refractivity contribution is 7.12. The van der Waals surface area contributed by atoms with Gasteiger partial charge in [-0.25, -0.2) is 0 Å². The van der Waals surface area contributed by atoms with Gasteiger partial charge < -0.3 is 10.6 Å². The van der Waals surface area contributed by atoms with Gasteiger partial charge in [0.05, 0.1) is 5.69 Å². The van der Waals surface area contributed by atoms with Crippen molar-refractivity contribution in [3.63, 3.8) is 0 Å². The molecule has 1 aliphatic heterocycles. The Morgan fingerprint density at radius 1 is 1.71 bits per heavy atom. The third kappa shape index (κ3) is 1.50. The summed E-state index contributed by atoms with van der Waals surface area (Å²) >= 11 is 1.43. The van der Waals surface area contributed by atoms with Gasteiger partial charge in [-0.05, 0) is 31.2 Å². The van der Waals surface area contributed by atoms with E-state index in [2.05, 4.69) is 6.92 Å². The molecule has 2 N–H and O–H groups in total. The Bertz CT molecular complexity index is 348. The van der Waals surface area contributed by atoms with E-state index in [-0.39, 0.29) is 5.91 Å². The molecule has 0 spiro atoms. The van der Waals surface area contributed by atoms with Gasteiger partial charge in [-0.3, -0.25) is 4.79 Å². The molecule has 1 atom stereocenters. The van der Waals surface area contributed by atoms with E-state index < -0.39 is 0 Å². The molecule has 76 valence electrons. The number of amides is 1. The summed E-state index contributed by atoms with van der Waals surface area (Å²) in [6, 6.07) is 2.16. The largest absolute Gasteiger partial charge is 0.397 e. The molecule has 0 radical (unpaired) electrons. The van der Waals surface area contributed by atoms with Gasteiger partial charge in [0.2, 0.25) is 0 Å². The zero-order chi connectivity index (χ0) is 10.1. The molecule has 0 saturated carbocycles. The fourth-order valence-corrected chi connectivity index (χ4v) is 2.63. The van der Waals surface area contributed by atoms with Gasteiger partial charge in [-0.15, -0.1) is 11.3 Å². The lowest BCUT2D eigenvalue weighted by Gasteiger charge is -2.20. The smallest absolute Gasteiger partial charge is 0.266 e. The number of hydrogen-bond acceptors (Lipinski definition) is 3. The van der Waals surface area contributed by atoms with Crippen molar-refractivity contribution in [3.8, 4) is 0 Å². The average Bonchev–Trinajstić information content (AvgIpc) is 2.73. The Hall–Kier alpha value is -1.03. The summed E-state index contributed by atoms with van der Waals surface area (Å²) in [4.78, 5) is 14.6. The molecule has 1 aromatic heterocycles. The Labute approximate surface area is 87.5 Å². The summed E-state index contributed by atoms with van der Waals surface area (Å²) < 4.78 is 0. The van der Waals surface area contributed by atoms with E-state index in [0.29, 0.717) is 16.6 Å². The average molecular weight is 210 g/mol. The van der Waals surface area contributed by atoms with E-state index in [1.807, 2.05) is 10.3 Å². The summed E-state index contributed by atoms with van der Waals surface area (Å²) in [6.07, 6.45) is 2.22.